The first kappa shape index (κ1) is 19.6. The fourth-order valence-electron chi connectivity index (χ4n) is 3.50. The molecule has 2 N–H and O–H groups in total. The van der Waals surface area contributed by atoms with Gasteiger partial charge in [-0.3, -0.25) is 4.79 Å². The second kappa shape index (κ2) is 7.61. The number of halogens is 2. The number of methoxy groups -OCH3 is 1. The zero-order chi connectivity index (χ0) is 20.7. The van der Waals surface area contributed by atoms with Crippen molar-refractivity contribution in [2.45, 2.75) is 12.3 Å². The van der Waals surface area contributed by atoms with Crippen LogP contribution in [0.3, 0.4) is 0 Å². The highest BCUT2D eigenvalue weighted by molar-refractivity contribution is 9.10. The normalized spacial score (nSPS) is 15.6. The van der Waals surface area contributed by atoms with E-state index in [4.69, 9.17) is 4.74 Å². The van der Waals surface area contributed by atoms with Gasteiger partial charge in [0, 0.05) is 27.3 Å². The molecule has 1 aliphatic heterocycles. The average Bonchev–Trinajstić information content (AvgIpc) is 3.09. The molecule has 1 aliphatic rings. The van der Waals surface area contributed by atoms with Gasteiger partial charge in [-0.25, -0.2) is 9.18 Å². The Morgan fingerprint density at radius 2 is 2.00 bits per heavy atom. The lowest BCUT2D eigenvalue weighted by Crippen LogP contribution is -2.23. The zero-order valence-electron chi connectivity index (χ0n) is 15.2. The lowest BCUT2D eigenvalue weighted by atomic mass is 9.88. The molecule has 0 radical (unpaired) electrons. The molecule has 148 valence electrons. The van der Waals surface area contributed by atoms with E-state index < -0.39 is 17.7 Å². The summed E-state index contributed by atoms with van der Waals surface area (Å²) >= 11 is 4.41. The molecule has 29 heavy (non-hydrogen) atoms. The third-order valence-corrected chi connectivity index (χ3v) is 6.60. The predicted molar refractivity (Wildman–Crippen MR) is 112 cm³/mol. The second-order valence-corrected chi connectivity index (χ2v) is 8.52. The van der Waals surface area contributed by atoms with Crippen LogP contribution >= 0.6 is 27.3 Å². The van der Waals surface area contributed by atoms with Gasteiger partial charge in [0.2, 0.25) is 5.91 Å². The average molecular weight is 476 g/mol. The van der Waals surface area contributed by atoms with E-state index in [0.29, 0.717) is 37.5 Å². The second-order valence-electron chi connectivity index (χ2n) is 6.55. The molecule has 0 aliphatic carbocycles. The molecule has 1 unspecified atom stereocenters. The number of amides is 1. The van der Waals surface area contributed by atoms with Crippen LogP contribution in [0.15, 0.2) is 46.9 Å². The molecule has 5 nitrogen and oxygen atoms in total. The minimum atomic E-state index is -1.10. The smallest absolute Gasteiger partial charge is 0.346 e. The van der Waals surface area contributed by atoms with Gasteiger partial charge in [-0.1, -0.05) is 28.1 Å². The number of thiophene rings is 1. The number of carboxylic acids is 1. The summed E-state index contributed by atoms with van der Waals surface area (Å²) in [7, 11) is 1.54. The lowest BCUT2D eigenvalue weighted by Gasteiger charge is -2.24. The van der Waals surface area contributed by atoms with Crippen molar-refractivity contribution >= 4 is 44.8 Å². The lowest BCUT2D eigenvalue weighted by molar-refractivity contribution is -0.116. The van der Waals surface area contributed by atoms with Crippen LogP contribution in [-0.2, 0) is 4.79 Å². The van der Waals surface area contributed by atoms with Gasteiger partial charge in [0.05, 0.1) is 12.8 Å². The fourth-order valence-corrected chi connectivity index (χ4v) is 5.12. The summed E-state index contributed by atoms with van der Waals surface area (Å²) in [6.07, 6.45) is 0.0436. The van der Waals surface area contributed by atoms with E-state index in [9.17, 15) is 19.1 Å². The third-order valence-electron chi connectivity index (χ3n) is 4.81. The zero-order valence-corrected chi connectivity index (χ0v) is 17.6. The number of anilines is 1. The molecule has 4 rings (SSSR count). The molecule has 0 saturated heterocycles. The summed E-state index contributed by atoms with van der Waals surface area (Å²) in [5.41, 5.74) is 1.85. The van der Waals surface area contributed by atoms with E-state index in [1.807, 2.05) is 0 Å². The molecule has 1 atom stereocenters. The summed E-state index contributed by atoms with van der Waals surface area (Å²) in [6, 6.07) is 11.5. The maximum atomic E-state index is 14.6. The van der Waals surface area contributed by atoms with Gasteiger partial charge in [-0.15, -0.1) is 11.3 Å². The largest absolute Gasteiger partial charge is 0.497 e. The first-order chi connectivity index (χ1) is 13.9. The Hall–Kier alpha value is -2.71. The summed E-state index contributed by atoms with van der Waals surface area (Å²) in [5.74, 6) is -1.75. The Labute approximate surface area is 178 Å². The standard InChI is InChI=1S/C21H15BrFNO4S/c1-28-12-5-2-10(3-6-12)17-18-19(29-20(17)21(26)27)14(9-16(25)24-18)13-8-11(22)4-7-15(13)23/h2-8,14H,9H2,1H3,(H,24,25)(H,26,27). The summed E-state index contributed by atoms with van der Waals surface area (Å²) in [5, 5.41) is 12.6. The van der Waals surface area contributed by atoms with Gasteiger partial charge in [0.1, 0.15) is 16.4 Å². The van der Waals surface area contributed by atoms with Crippen molar-refractivity contribution in [1.29, 1.82) is 0 Å². The number of carbonyl (C=O) groups excluding carboxylic acids is 1. The minimum Gasteiger partial charge on any atom is -0.497 e. The topological polar surface area (TPSA) is 75.6 Å². The van der Waals surface area contributed by atoms with E-state index in [1.54, 1.807) is 43.5 Å². The van der Waals surface area contributed by atoms with Gasteiger partial charge in [0.25, 0.3) is 0 Å². The summed E-state index contributed by atoms with van der Waals surface area (Å²) in [4.78, 5) is 25.2. The van der Waals surface area contributed by atoms with Crippen LogP contribution in [0.2, 0.25) is 0 Å². The summed E-state index contributed by atoms with van der Waals surface area (Å²) < 4.78 is 20.4. The van der Waals surface area contributed by atoms with E-state index in [0.717, 1.165) is 11.3 Å². The molecule has 0 bridgehead atoms. The molecule has 0 spiro atoms. The number of benzene rings is 2. The van der Waals surface area contributed by atoms with Crippen molar-refractivity contribution in [2.24, 2.45) is 0 Å². The van der Waals surface area contributed by atoms with Crippen LogP contribution in [0.1, 0.15) is 32.5 Å². The van der Waals surface area contributed by atoms with Gasteiger partial charge < -0.3 is 15.2 Å². The Morgan fingerprint density at radius 1 is 1.28 bits per heavy atom. The molecule has 0 fully saturated rings. The van der Waals surface area contributed by atoms with E-state index in [2.05, 4.69) is 21.2 Å². The van der Waals surface area contributed by atoms with Crippen molar-refractivity contribution < 1.29 is 23.8 Å². The number of hydrogen-bond donors (Lipinski definition) is 2. The van der Waals surface area contributed by atoms with E-state index in [1.165, 1.54) is 6.07 Å². The predicted octanol–water partition coefficient (Wildman–Crippen LogP) is 5.50. The van der Waals surface area contributed by atoms with Crippen molar-refractivity contribution in [2.75, 3.05) is 12.4 Å². The number of ether oxygens (including phenoxy) is 1. The SMILES string of the molecule is COc1ccc(-c2c(C(=O)O)sc3c2NC(=O)CC3c2cc(Br)ccc2F)cc1. The maximum absolute atomic E-state index is 14.6. The molecule has 3 aromatic rings. The van der Waals surface area contributed by atoms with Gasteiger partial charge in [-0.2, -0.15) is 0 Å². The highest BCUT2D eigenvalue weighted by Gasteiger charge is 2.35. The van der Waals surface area contributed by atoms with Crippen LogP contribution in [-0.4, -0.2) is 24.1 Å². The van der Waals surface area contributed by atoms with Crippen LogP contribution in [0.4, 0.5) is 10.1 Å². The Balaban J connectivity index is 1.93. The minimum absolute atomic E-state index is 0.0436. The monoisotopic (exact) mass is 475 g/mol. The fraction of sp³-hybridized carbons (Fsp3) is 0.143. The molecule has 0 saturated carbocycles. The highest BCUT2D eigenvalue weighted by atomic mass is 79.9. The van der Waals surface area contributed by atoms with E-state index in [-0.39, 0.29) is 17.2 Å². The maximum Gasteiger partial charge on any atom is 0.346 e. The van der Waals surface area contributed by atoms with Crippen molar-refractivity contribution in [1.82, 2.24) is 0 Å². The van der Waals surface area contributed by atoms with Crippen LogP contribution in [0.5, 0.6) is 5.75 Å². The third kappa shape index (κ3) is 3.54. The highest BCUT2D eigenvalue weighted by Crippen LogP contribution is 2.50. The quantitative estimate of drug-likeness (QED) is 0.522. The number of carboxylic acid groups (broad SMARTS) is 1. The first-order valence-corrected chi connectivity index (χ1v) is 10.3. The van der Waals surface area contributed by atoms with Gasteiger partial charge in [0.15, 0.2) is 0 Å². The molecule has 2 heterocycles. The van der Waals surface area contributed by atoms with Crippen LogP contribution < -0.4 is 10.1 Å². The number of nitrogens with one attached hydrogen (secondary N) is 1. The van der Waals surface area contributed by atoms with Crippen LogP contribution in [0, 0.1) is 5.82 Å². The number of aromatic carboxylic acids is 1. The Bertz CT molecular complexity index is 1130. The van der Waals surface area contributed by atoms with E-state index >= 15 is 0 Å². The molecule has 8 heteroatoms. The molecular formula is C21H15BrFNO4S. The number of hydrogen-bond acceptors (Lipinski definition) is 4. The Morgan fingerprint density at radius 3 is 2.66 bits per heavy atom. The van der Waals surface area contributed by atoms with Crippen molar-refractivity contribution in [3.8, 4) is 16.9 Å². The van der Waals surface area contributed by atoms with Crippen molar-refractivity contribution in [3.63, 3.8) is 0 Å². The molecular weight excluding hydrogens is 461 g/mol. The number of carbonyl (C=O) groups is 2. The first-order valence-electron chi connectivity index (χ1n) is 8.68. The molecule has 1 amide bonds. The van der Waals surface area contributed by atoms with Crippen molar-refractivity contribution in [3.05, 3.63) is 68.1 Å². The van der Waals surface area contributed by atoms with Crippen LogP contribution in [0.25, 0.3) is 11.1 Å². The molecule has 1 aromatic heterocycles. The Kier molecular flexibility index (Phi) is 5.14. The summed E-state index contributed by atoms with van der Waals surface area (Å²) in [6.45, 7) is 0. The number of fused-ring (bicyclic) bond motifs is 1. The van der Waals surface area contributed by atoms with Gasteiger partial charge >= 0.3 is 5.97 Å². The number of rotatable bonds is 4. The molecule has 2 aromatic carbocycles. The van der Waals surface area contributed by atoms with Gasteiger partial charge in [-0.05, 0) is 41.5 Å².